The molecule has 0 saturated heterocycles. The van der Waals surface area contributed by atoms with E-state index >= 15 is 0 Å². The highest BCUT2D eigenvalue weighted by Gasteiger charge is 2.05. The van der Waals surface area contributed by atoms with E-state index in [2.05, 4.69) is 42.4 Å². The highest BCUT2D eigenvalue weighted by molar-refractivity contribution is 9.11. The minimum atomic E-state index is -0.333. The molecule has 21 heavy (non-hydrogen) atoms. The smallest absolute Gasteiger partial charge is 0.271 e. The predicted octanol–water partition coefficient (Wildman–Crippen LogP) is 4.33. The molecule has 0 spiro atoms. The summed E-state index contributed by atoms with van der Waals surface area (Å²) < 4.78 is 1.06. The summed E-state index contributed by atoms with van der Waals surface area (Å²) in [6.45, 7) is 0. The van der Waals surface area contributed by atoms with Crippen molar-refractivity contribution < 1.29 is 9.90 Å². The Balaban J connectivity index is 2.05. The Hall–Kier alpha value is -1.37. The molecule has 2 aromatic carbocycles. The lowest BCUT2D eigenvalue weighted by molar-refractivity contribution is 0.0955. The van der Waals surface area contributed by atoms with Gasteiger partial charge in [0, 0.05) is 10.6 Å². The molecule has 0 unspecified atom stereocenters. The van der Waals surface area contributed by atoms with Crippen LogP contribution in [-0.4, -0.2) is 17.2 Å². The van der Waals surface area contributed by atoms with E-state index in [1.165, 1.54) is 6.21 Å². The quantitative estimate of drug-likeness (QED) is 0.560. The first-order valence-corrected chi connectivity index (χ1v) is 7.71. The Morgan fingerprint density at radius 2 is 1.76 bits per heavy atom. The first-order valence-electron chi connectivity index (χ1n) is 5.74. The normalized spacial score (nSPS) is 10.8. The van der Waals surface area contributed by atoms with Crippen molar-refractivity contribution >= 4 is 55.6 Å². The molecule has 0 saturated carbocycles. The topological polar surface area (TPSA) is 61.7 Å². The van der Waals surface area contributed by atoms with E-state index in [1.807, 2.05) is 0 Å². The lowest BCUT2D eigenvalue weighted by Gasteiger charge is -2.02. The van der Waals surface area contributed by atoms with Gasteiger partial charge in [0.25, 0.3) is 5.91 Å². The number of rotatable bonds is 3. The van der Waals surface area contributed by atoms with Crippen LogP contribution in [0.25, 0.3) is 0 Å². The molecule has 0 aliphatic carbocycles. The predicted molar refractivity (Wildman–Crippen MR) is 90.0 cm³/mol. The van der Waals surface area contributed by atoms with Crippen LogP contribution >= 0.6 is 43.5 Å². The van der Waals surface area contributed by atoms with Gasteiger partial charge in [0.05, 0.1) is 15.2 Å². The van der Waals surface area contributed by atoms with Crippen LogP contribution in [0.1, 0.15) is 15.9 Å². The Morgan fingerprint density at radius 1 is 1.19 bits per heavy atom. The molecule has 0 fully saturated rings. The number of aromatic hydroxyl groups is 1. The molecule has 0 atom stereocenters. The number of halogens is 3. The van der Waals surface area contributed by atoms with Gasteiger partial charge < -0.3 is 5.11 Å². The van der Waals surface area contributed by atoms with Crippen LogP contribution in [0.3, 0.4) is 0 Å². The van der Waals surface area contributed by atoms with Crippen molar-refractivity contribution in [1.29, 1.82) is 0 Å². The maximum atomic E-state index is 11.8. The molecule has 2 aromatic rings. The summed E-state index contributed by atoms with van der Waals surface area (Å²) in [5.74, 6) is -0.225. The maximum absolute atomic E-state index is 11.8. The van der Waals surface area contributed by atoms with Gasteiger partial charge in [-0.05, 0) is 73.8 Å². The maximum Gasteiger partial charge on any atom is 0.271 e. The first kappa shape index (κ1) is 16.0. The number of hydrazone groups is 1. The van der Waals surface area contributed by atoms with Gasteiger partial charge in [-0.15, -0.1) is 0 Å². The van der Waals surface area contributed by atoms with Crippen LogP contribution in [-0.2, 0) is 0 Å². The molecule has 0 aliphatic rings. The Morgan fingerprint density at radius 3 is 2.33 bits per heavy atom. The van der Waals surface area contributed by atoms with E-state index in [4.69, 9.17) is 11.6 Å². The second kappa shape index (κ2) is 7.06. The zero-order valence-corrected chi connectivity index (χ0v) is 14.4. The zero-order chi connectivity index (χ0) is 15.4. The monoisotopic (exact) mass is 430 g/mol. The van der Waals surface area contributed by atoms with Gasteiger partial charge in [-0.3, -0.25) is 4.79 Å². The van der Waals surface area contributed by atoms with E-state index in [1.54, 1.807) is 36.4 Å². The fraction of sp³-hybridized carbons (Fsp3) is 0. The van der Waals surface area contributed by atoms with Crippen molar-refractivity contribution in [3.63, 3.8) is 0 Å². The van der Waals surface area contributed by atoms with Gasteiger partial charge in [-0.25, -0.2) is 5.43 Å². The van der Waals surface area contributed by atoms with Crippen LogP contribution < -0.4 is 5.43 Å². The summed E-state index contributed by atoms with van der Waals surface area (Å²) in [7, 11) is 0. The van der Waals surface area contributed by atoms with Crippen LogP contribution in [0, 0.1) is 0 Å². The van der Waals surface area contributed by atoms with Crippen molar-refractivity contribution in [2.45, 2.75) is 0 Å². The summed E-state index contributed by atoms with van der Waals surface area (Å²) in [6.07, 6.45) is 1.47. The second-order valence-electron chi connectivity index (χ2n) is 4.04. The molecule has 7 heteroatoms. The van der Waals surface area contributed by atoms with Gasteiger partial charge in [0.1, 0.15) is 5.75 Å². The van der Waals surface area contributed by atoms with Crippen LogP contribution in [0.4, 0.5) is 0 Å². The van der Waals surface area contributed by atoms with E-state index in [0.29, 0.717) is 25.1 Å². The van der Waals surface area contributed by atoms with Crippen molar-refractivity contribution in [3.8, 4) is 5.75 Å². The SMILES string of the molecule is O=C(NN=Cc1cc(Br)c(O)c(Br)c1)c1ccc(Cl)cc1. The average molecular weight is 432 g/mol. The number of carbonyl (C=O) groups is 1. The first-order chi connectivity index (χ1) is 9.97. The Kier molecular flexibility index (Phi) is 5.39. The molecule has 0 bridgehead atoms. The molecule has 108 valence electrons. The Labute approximate surface area is 143 Å². The largest absolute Gasteiger partial charge is 0.506 e. The molecule has 0 heterocycles. The average Bonchev–Trinajstić information content (AvgIpc) is 2.45. The minimum Gasteiger partial charge on any atom is -0.506 e. The number of benzene rings is 2. The van der Waals surface area contributed by atoms with Gasteiger partial charge in [-0.2, -0.15) is 5.10 Å². The van der Waals surface area contributed by atoms with Gasteiger partial charge in [-0.1, -0.05) is 11.6 Å². The van der Waals surface area contributed by atoms with E-state index < -0.39 is 0 Å². The fourth-order valence-electron chi connectivity index (χ4n) is 1.49. The molecule has 1 amide bonds. The molecule has 0 radical (unpaired) electrons. The summed E-state index contributed by atoms with van der Waals surface area (Å²) in [5, 5.41) is 14.0. The molecule has 0 aliphatic heterocycles. The van der Waals surface area contributed by atoms with Crippen molar-refractivity contribution in [2.24, 2.45) is 5.10 Å². The minimum absolute atomic E-state index is 0.109. The molecular formula is C14H9Br2ClN2O2. The number of phenolic OH excluding ortho intramolecular Hbond substituents is 1. The lowest BCUT2D eigenvalue weighted by atomic mass is 10.2. The van der Waals surface area contributed by atoms with Crippen molar-refractivity contribution in [3.05, 3.63) is 61.5 Å². The number of nitrogens with zero attached hydrogens (tertiary/aromatic N) is 1. The van der Waals surface area contributed by atoms with E-state index in [9.17, 15) is 9.90 Å². The van der Waals surface area contributed by atoms with Gasteiger partial charge >= 0.3 is 0 Å². The zero-order valence-electron chi connectivity index (χ0n) is 10.5. The number of nitrogens with one attached hydrogen (secondary N) is 1. The van der Waals surface area contributed by atoms with Crippen molar-refractivity contribution in [1.82, 2.24) is 5.43 Å². The number of hydrogen-bond acceptors (Lipinski definition) is 3. The number of carbonyl (C=O) groups excluding carboxylic acids is 1. The third-order valence-corrected chi connectivity index (χ3v) is 3.99. The van der Waals surface area contributed by atoms with Crippen LogP contribution in [0.5, 0.6) is 5.75 Å². The van der Waals surface area contributed by atoms with Crippen LogP contribution in [0.2, 0.25) is 5.02 Å². The number of phenols is 1. The summed E-state index contributed by atoms with van der Waals surface area (Å²) in [5.41, 5.74) is 3.59. The standard InChI is InChI=1S/C14H9Br2ClN2O2/c15-11-5-8(6-12(16)13(11)20)7-18-19-14(21)9-1-3-10(17)4-2-9/h1-7,20H,(H,19,21). The summed E-state index contributed by atoms with van der Waals surface area (Å²) in [6, 6.07) is 9.85. The third-order valence-electron chi connectivity index (χ3n) is 2.53. The highest BCUT2D eigenvalue weighted by Crippen LogP contribution is 2.32. The number of hydrogen-bond donors (Lipinski definition) is 2. The molecule has 0 aromatic heterocycles. The van der Waals surface area contributed by atoms with Crippen molar-refractivity contribution in [2.75, 3.05) is 0 Å². The summed E-state index contributed by atoms with van der Waals surface area (Å²) >= 11 is 12.2. The second-order valence-corrected chi connectivity index (χ2v) is 6.18. The van der Waals surface area contributed by atoms with E-state index in [0.717, 1.165) is 0 Å². The van der Waals surface area contributed by atoms with Gasteiger partial charge in [0.15, 0.2) is 0 Å². The van der Waals surface area contributed by atoms with Crippen LogP contribution in [0.15, 0.2) is 50.4 Å². The van der Waals surface area contributed by atoms with E-state index in [-0.39, 0.29) is 11.7 Å². The highest BCUT2D eigenvalue weighted by atomic mass is 79.9. The molecule has 4 nitrogen and oxygen atoms in total. The summed E-state index contributed by atoms with van der Waals surface area (Å²) in [4.78, 5) is 11.8. The number of amides is 1. The Bertz CT molecular complexity index is 680. The lowest BCUT2D eigenvalue weighted by Crippen LogP contribution is -2.17. The third kappa shape index (κ3) is 4.30. The molecule has 2 rings (SSSR count). The van der Waals surface area contributed by atoms with Gasteiger partial charge in [0.2, 0.25) is 0 Å². The molecule has 2 N–H and O–H groups in total. The molecular weight excluding hydrogens is 423 g/mol. The fourth-order valence-corrected chi connectivity index (χ4v) is 2.84.